The number of carbonyl (C=O) groups is 6. The summed E-state index contributed by atoms with van der Waals surface area (Å²) < 4.78 is 111. The molecule has 12 aromatic rings. The van der Waals surface area contributed by atoms with Crippen molar-refractivity contribution in [1.29, 1.82) is 0 Å². The fraction of sp³-hybridized carbons (Fsp3) is 0.304. The topological polar surface area (TPSA) is 248 Å². The molecule has 0 atom stereocenters. The van der Waals surface area contributed by atoms with Gasteiger partial charge in [0.1, 0.15) is 85.6 Å². The maximum Gasteiger partial charge on any atom is 0.416 e. The largest absolute Gasteiger partial charge is 0.497 e. The number of alkyl halides is 5. The van der Waals surface area contributed by atoms with Crippen LogP contribution in [-0.4, -0.2) is 82.7 Å². The Bertz CT molecular complexity index is 6080. The number of thioether (sulfide) groups is 6. The van der Waals surface area contributed by atoms with Gasteiger partial charge in [0.2, 0.25) is 0 Å². The standard InChI is InChI=1S/C20H23NO2S.C19H23NO3S.C19H23NO2S.C18H18F3NO2S.C18H19F2NO2S.C18H21NO3S/c1-13-4-9-19(14(2)10-13)23-12-17-8-7-16(15-5-6-15)11-18(17)21-20(22)24-3;1-5-22-16-8-7-15(17(11-16)20-19(21)24-4)12-23-18-9-6-13(2)10-14(18)3;1-5-15-7-8-16(17(11-15)20-19(21)23-4)12-22-18-9-6-13(2)10-14(18)3;1-11-4-7-16(12(2)8-11)24-10-13-5-6-14(18(19,20)21)9-15(13)22-17(23)25-3;1-11-4-7-16(12(2)8-11)23-10-14-6-5-13(17(19)20)9-15(14)21-18(22)24-3;1-12-5-8-17(13(2)9-12)22-11-14-6-7-15(21-3)10-16(14)19-18(20)23-4/h4,7-11,15H,5-6,12H2,1-3H3,(H,21,22);6-11H,5,12H2,1-4H3,(H,20,21);6-11H,5,12H2,1-4H3,(H,20,21);4-9H,10H2,1-3H3,(H,22,23);4-9,17H,10H2,1-3H3,(H,21,22);5-10H,11H2,1-4H3,(H,19,20). The van der Waals surface area contributed by atoms with E-state index >= 15 is 0 Å². The van der Waals surface area contributed by atoms with E-state index in [1.807, 2.05) is 177 Å². The third kappa shape index (κ3) is 38.7. The Labute approximate surface area is 862 Å². The van der Waals surface area contributed by atoms with Crippen LogP contribution in [-0.2, 0) is 52.2 Å². The van der Waals surface area contributed by atoms with Crippen molar-refractivity contribution in [3.63, 3.8) is 0 Å². The van der Waals surface area contributed by atoms with E-state index in [1.54, 1.807) is 56.8 Å². The summed E-state index contributed by atoms with van der Waals surface area (Å²) in [5.41, 5.74) is 23.4. The zero-order chi connectivity index (χ0) is 105. The lowest BCUT2D eigenvalue weighted by atomic mass is 10.1. The molecule has 20 nitrogen and oxygen atoms in total. The zero-order valence-electron chi connectivity index (χ0n) is 84.6. The predicted octanol–water partition coefficient (Wildman–Crippen LogP) is 32.5. The first-order valence-corrected chi connectivity index (χ1v) is 53.2. The van der Waals surface area contributed by atoms with Gasteiger partial charge in [0.25, 0.3) is 37.9 Å². The molecule has 6 N–H and O–H groups in total. The van der Waals surface area contributed by atoms with E-state index < -0.39 is 23.4 Å². The summed E-state index contributed by atoms with van der Waals surface area (Å²) >= 11 is 6.49. The molecule has 0 spiro atoms. The number of halogens is 5. The molecule has 1 aliphatic carbocycles. The van der Waals surface area contributed by atoms with Crippen LogP contribution in [0.1, 0.15) is 161 Å². The Balaban J connectivity index is 0.000000210. The van der Waals surface area contributed by atoms with Crippen LogP contribution in [0.2, 0.25) is 0 Å². The van der Waals surface area contributed by atoms with Crippen molar-refractivity contribution in [2.75, 3.05) is 83.2 Å². The summed E-state index contributed by atoms with van der Waals surface area (Å²) in [5, 5.41) is 15.7. The SMILES string of the molecule is CCOc1ccc(COc2ccc(C)cc2C)c(NC(=O)SC)c1.CCc1ccc(COc2ccc(C)cc2C)c(NC(=O)SC)c1.COc1ccc(COc2ccc(C)cc2C)c(NC(=O)SC)c1.CSC(=O)Nc1cc(C(F)(F)F)ccc1COc1ccc(C)cc1C.CSC(=O)Nc1cc(C(F)F)ccc1COc1ccc(C)cc1C.CSC(=O)Nc1cc(C2CC2)ccc1COc1ccc(C)cc1C. The number of nitrogens with one attached hydrogen (secondary N) is 6. The number of hydrogen-bond donors (Lipinski definition) is 6. The van der Waals surface area contributed by atoms with Crippen LogP contribution in [0.5, 0.6) is 46.0 Å². The van der Waals surface area contributed by atoms with Crippen LogP contribution in [0.4, 0.5) is 84.8 Å². The highest BCUT2D eigenvalue weighted by Crippen LogP contribution is 2.43. The van der Waals surface area contributed by atoms with Crippen LogP contribution in [0.15, 0.2) is 218 Å². The fourth-order valence-electron chi connectivity index (χ4n) is 14.2. The molecular formula is C112H127F5N6O14S6. The molecule has 1 fully saturated rings. The molecule has 1 saturated carbocycles. The lowest BCUT2D eigenvalue weighted by Gasteiger charge is -2.16. The van der Waals surface area contributed by atoms with Gasteiger partial charge in [-0.25, -0.2) is 8.78 Å². The van der Waals surface area contributed by atoms with E-state index in [4.69, 9.17) is 37.9 Å². The van der Waals surface area contributed by atoms with Crippen LogP contribution in [0.25, 0.3) is 0 Å². The first-order valence-electron chi connectivity index (χ1n) is 45.9. The highest BCUT2D eigenvalue weighted by Gasteiger charge is 2.32. The Hall–Kier alpha value is -12.4. The molecule has 6 amide bonds. The third-order valence-electron chi connectivity index (χ3n) is 22.1. The number of rotatable bonds is 30. The average molecular weight is 2070 g/mol. The van der Waals surface area contributed by atoms with E-state index in [-0.39, 0.29) is 50.7 Å². The normalized spacial score (nSPS) is 11.1. The summed E-state index contributed by atoms with van der Waals surface area (Å²) in [5.74, 6) is 6.88. The second-order valence-electron chi connectivity index (χ2n) is 33.4. The zero-order valence-corrected chi connectivity index (χ0v) is 89.5. The van der Waals surface area contributed by atoms with E-state index in [9.17, 15) is 50.7 Å². The van der Waals surface area contributed by atoms with Crippen LogP contribution >= 0.6 is 70.6 Å². The molecule has 0 aromatic heterocycles. The van der Waals surface area contributed by atoms with Gasteiger partial charge in [0, 0.05) is 73.8 Å². The number of amides is 6. The minimum Gasteiger partial charge on any atom is -0.497 e. The molecule has 0 bridgehead atoms. The van der Waals surface area contributed by atoms with Crippen molar-refractivity contribution in [2.45, 2.75) is 174 Å². The molecule has 0 radical (unpaired) electrons. The number of hydrogen-bond acceptors (Lipinski definition) is 20. The molecule has 0 aliphatic heterocycles. The minimum atomic E-state index is -4.48. The van der Waals surface area contributed by atoms with Crippen molar-refractivity contribution in [1.82, 2.24) is 0 Å². The van der Waals surface area contributed by atoms with Crippen molar-refractivity contribution >= 4 is 136 Å². The van der Waals surface area contributed by atoms with Crippen molar-refractivity contribution in [3.05, 3.63) is 341 Å². The number of aryl methyl sites for hydroxylation is 13. The average Bonchev–Trinajstić information content (AvgIpc) is 1.48. The van der Waals surface area contributed by atoms with Crippen LogP contribution in [0.3, 0.4) is 0 Å². The number of methoxy groups -OCH3 is 1. The number of carbonyl (C=O) groups excluding carboxylic acids is 6. The van der Waals surface area contributed by atoms with Gasteiger partial charge in [-0.15, -0.1) is 0 Å². The molecule has 760 valence electrons. The van der Waals surface area contributed by atoms with Crippen LogP contribution in [0, 0.1) is 83.1 Å². The predicted molar refractivity (Wildman–Crippen MR) is 584 cm³/mol. The Kier molecular flexibility index (Phi) is 47.3. The van der Waals surface area contributed by atoms with Crippen molar-refractivity contribution in [2.24, 2.45) is 0 Å². The molecular weight excluding hydrogens is 1940 g/mol. The summed E-state index contributed by atoms with van der Waals surface area (Å²) in [7, 11) is 1.60. The summed E-state index contributed by atoms with van der Waals surface area (Å²) in [6, 6.07) is 67.0. The molecule has 12 aromatic carbocycles. The van der Waals surface area contributed by atoms with Crippen LogP contribution < -0.4 is 69.8 Å². The summed E-state index contributed by atoms with van der Waals surface area (Å²) in [6.45, 7) is 30.6. The van der Waals surface area contributed by atoms with E-state index in [2.05, 4.69) is 128 Å². The monoisotopic (exact) mass is 2070 g/mol. The maximum atomic E-state index is 12.9. The Morgan fingerprint density at radius 2 is 0.580 bits per heavy atom. The second kappa shape index (κ2) is 58.4. The number of anilines is 6. The van der Waals surface area contributed by atoms with Gasteiger partial charge in [-0.2, -0.15) is 13.2 Å². The highest BCUT2D eigenvalue weighted by molar-refractivity contribution is 8.14. The Morgan fingerprint density at radius 3 is 0.860 bits per heavy atom. The molecule has 31 heteroatoms. The number of ether oxygens (including phenoxy) is 8. The van der Waals surface area contributed by atoms with Gasteiger partial charge in [0.15, 0.2) is 0 Å². The summed E-state index contributed by atoms with van der Waals surface area (Å²) in [6.07, 6.45) is 6.55. The third-order valence-corrected chi connectivity index (χ3v) is 24.9. The van der Waals surface area contributed by atoms with Crippen molar-refractivity contribution in [3.8, 4) is 46.0 Å². The van der Waals surface area contributed by atoms with Gasteiger partial charge in [0.05, 0.1) is 30.7 Å². The van der Waals surface area contributed by atoms with Gasteiger partial charge in [-0.05, 0) is 288 Å². The molecule has 0 saturated heterocycles. The van der Waals surface area contributed by atoms with Gasteiger partial charge in [-0.3, -0.25) is 28.8 Å². The van der Waals surface area contributed by atoms with Gasteiger partial charge >= 0.3 is 6.18 Å². The first kappa shape index (κ1) is 116. The van der Waals surface area contributed by atoms with E-state index in [0.29, 0.717) is 78.6 Å². The number of benzene rings is 12. The lowest BCUT2D eigenvalue weighted by molar-refractivity contribution is -0.137. The highest BCUT2D eigenvalue weighted by atomic mass is 32.2. The summed E-state index contributed by atoms with van der Waals surface area (Å²) in [4.78, 5) is 70.1. The van der Waals surface area contributed by atoms with Crippen molar-refractivity contribution < 1.29 is 88.6 Å². The molecule has 13 rings (SSSR count). The van der Waals surface area contributed by atoms with Gasteiger partial charge < -0.3 is 69.8 Å². The smallest absolute Gasteiger partial charge is 0.416 e. The van der Waals surface area contributed by atoms with E-state index in [1.165, 1.54) is 87.9 Å². The van der Waals surface area contributed by atoms with E-state index in [0.717, 1.165) is 178 Å². The minimum absolute atomic E-state index is 0.0456. The van der Waals surface area contributed by atoms with Gasteiger partial charge in [-0.1, -0.05) is 226 Å². The molecule has 1 aliphatic rings. The lowest BCUT2D eigenvalue weighted by Crippen LogP contribution is -2.12. The quantitative estimate of drug-likeness (QED) is 0.0229. The fourth-order valence-corrected chi connectivity index (χ4v) is 15.5. The first-order chi connectivity index (χ1) is 68.3. The molecule has 0 unspecified atom stereocenters. The second-order valence-corrected chi connectivity index (χ2v) is 38.1. The molecule has 143 heavy (non-hydrogen) atoms. The maximum absolute atomic E-state index is 12.9. The molecule has 0 heterocycles. The Morgan fingerprint density at radius 1 is 0.315 bits per heavy atom.